The highest BCUT2D eigenvalue weighted by Gasteiger charge is 2.01. The van der Waals surface area contributed by atoms with Gasteiger partial charge < -0.3 is 5.73 Å². The highest BCUT2D eigenvalue weighted by molar-refractivity contribution is 5.63. The van der Waals surface area contributed by atoms with Crippen LogP contribution in [0.4, 0.5) is 0 Å². The molecule has 0 aliphatic carbocycles. The number of nitrogens with two attached hydrogens (primary N) is 1. The van der Waals surface area contributed by atoms with Crippen molar-refractivity contribution in [2.45, 2.75) is 13.0 Å². The molecule has 0 radical (unpaired) electrons. The topological polar surface area (TPSA) is 38.9 Å². The average molecular weight is 198 g/mol. The van der Waals surface area contributed by atoms with Gasteiger partial charge in [0.25, 0.3) is 0 Å². The molecule has 0 aliphatic rings. The molecular weight excluding hydrogens is 184 g/mol. The second-order valence-corrected chi connectivity index (χ2v) is 3.65. The lowest BCUT2D eigenvalue weighted by molar-refractivity contribution is 0.819. The second kappa shape index (κ2) is 4.24. The Labute approximate surface area is 89.8 Å². The maximum absolute atomic E-state index is 5.85. The minimum absolute atomic E-state index is 0.0757. The molecule has 0 unspecified atom stereocenters. The highest BCUT2D eigenvalue weighted by atomic mass is 14.6. The average Bonchev–Trinajstić information content (AvgIpc) is 2.30. The summed E-state index contributed by atoms with van der Waals surface area (Å²) in [6.45, 7) is 1.99. The molecule has 2 nitrogen and oxygen atoms in total. The van der Waals surface area contributed by atoms with Crippen LogP contribution in [-0.2, 0) is 0 Å². The maximum atomic E-state index is 5.85. The molecular formula is C13H14N2. The van der Waals surface area contributed by atoms with E-state index in [1.165, 1.54) is 11.1 Å². The van der Waals surface area contributed by atoms with E-state index in [-0.39, 0.29) is 6.04 Å². The maximum Gasteiger partial charge on any atom is 0.0273 e. The summed E-state index contributed by atoms with van der Waals surface area (Å²) in [4.78, 5) is 4.00. The third-order valence-electron chi connectivity index (χ3n) is 2.43. The zero-order valence-corrected chi connectivity index (χ0v) is 8.72. The van der Waals surface area contributed by atoms with Gasteiger partial charge in [0.05, 0.1) is 0 Å². The van der Waals surface area contributed by atoms with Crippen LogP contribution in [0.5, 0.6) is 0 Å². The summed E-state index contributed by atoms with van der Waals surface area (Å²) in [5.41, 5.74) is 9.37. The molecule has 1 heterocycles. The normalized spacial score (nSPS) is 12.4. The first-order valence-corrected chi connectivity index (χ1v) is 5.03. The van der Waals surface area contributed by atoms with Gasteiger partial charge >= 0.3 is 0 Å². The lowest BCUT2D eigenvalue weighted by atomic mass is 10.0. The molecule has 0 saturated heterocycles. The summed E-state index contributed by atoms with van der Waals surface area (Å²) in [6.07, 6.45) is 3.60. The van der Waals surface area contributed by atoms with E-state index in [1.54, 1.807) is 12.4 Å². The van der Waals surface area contributed by atoms with Crippen molar-refractivity contribution in [1.29, 1.82) is 0 Å². The van der Waals surface area contributed by atoms with Crippen molar-refractivity contribution in [2.24, 2.45) is 5.73 Å². The number of rotatable bonds is 2. The number of hydrogen-bond acceptors (Lipinski definition) is 2. The molecule has 15 heavy (non-hydrogen) atoms. The van der Waals surface area contributed by atoms with Crippen LogP contribution in [-0.4, -0.2) is 4.98 Å². The molecule has 2 rings (SSSR count). The van der Waals surface area contributed by atoms with E-state index in [1.807, 2.05) is 25.1 Å². The van der Waals surface area contributed by atoms with Crippen molar-refractivity contribution in [1.82, 2.24) is 4.98 Å². The third kappa shape index (κ3) is 2.22. The Bertz CT molecular complexity index is 435. The summed E-state index contributed by atoms with van der Waals surface area (Å²) in [6, 6.07) is 12.4. The Hall–Kier alpha value is -1.67. The van der Waals surface area contributed by atoms with E-state index < -0.39 is 0 Å². The molecule has 2 N–H and O–H groups in total. The molecule has 1 aromatic carbocycles. The van der Waals surface area contributed by atoms with Crippen LogP contribution in [0, 0.1) is 0 Å². The van der Waals surface area contributed by atoms with Gasteiger partial charge in [0.15, 0.2) is 0 Å². The molecule has 0 saturated carbocycles. The lowest BCUT2D eigenvalue weighted by Crippen LogP contribution is -2.04. The number of aromatic nitrogens is 1. The van der Waals surface area contributed by atoms with Gasteiger partial charge in [0.1, 0.15) is 0 Å². The fraction of sp³-hybridized carbons (Fsp3) is 0.154. The number of hydrogen-bond donors (Lipinski definition) is 1. The van der Waals surface area contributed by atoms with Gasteiger partial charge in [-0.15, -0.1) is 0 Å². The molecule has 0 aliphatic heterocycles. The van der Waals surface area contributed by atoms with Gasteiger partial charge in [-0.2, -0.15) is 0 Å². The molecule has 1 aromatic heterocycles. The predicted octanol–water partition coefficient (Wildman–Crippen LogP) is 2.77. The second-order valence-electron chi connectivity index (χ2n) is 3.65. The summed E-state index contributed by atoms with van der Waals surface area (Å²) < 4.78 is 0. The van der Waals surface area contributed by atoms with Crippen LogP contribution in [0.15, 0.2) is 48.8 Å². The Morgan fingerprint density at radius 1 is 1.07 bits per heavy atom. The Balaban J connectivity index is 2.42. The largest absolute Gasteiger partial charge is 0.324 e. The van der Waals surface area contributed by atoms with Gasteiger partial charge in [-0.3, -0.25) is 4.98 Å². The Morgan fingerprint density at radius 3 is 2.47 bits per heavy atom. The first kappa shape index (κ1) is 9.87. The molecule has 0 spiro atoms. The molecule has 2 heteroatoms. The quantitative estimate of drug-likeness (QED) is 0.805. The summed E-state index contributed by atoms with van der Waals surface area (Å²) in [7, 11) is 0. The van der Waals surface area contributed by atoms with Gasteiger partial charge in [0, 0.05) is 18.4 Å². The van der Waals surface area contributed by atoms with E-state index in [0.717, 1.165) is 5.56 Å². The standard InChI is InChI=1S/C13H14N2/c1-10(14)12-3-2-4-13(9-12)11-5-7-15-8-6-11/h2-10H,14H2,1H3/t10-/m1/s1. The summed E-state index contributed by atoms with van der Waals surface area (Å²) in [5.74, 6) is 0. The highest BCUT2D eigenvalue weighted by Crippen LogP contribution is 2.21. The van der Waals surface area contributed by atoms with E-state index in [2.05, 4.69) is 23.2 Å². The number of nitrogens with zero attached hydrogens (tertiary/aromatic N) is 1. The summed E-state index contributed by atoms with van der Waals surface area (Å²) >= 11 is 0. The fourth-order valence-electron chi connectivity index (χ4n) is 1.55. The van der Waals surface area contributed by atoms with Crippen molar-refractivity contribution >= 4 is 0 Å². The smallest absolute Gasteiger partial charge is 0.0273 e. The first-order valence-electron chi connectivity index (χ1n) is 5.03. The van der Waals surface area contributed by atoms with Crippen LogP contribution in [0.1, 0.15) is 18.5 Å². The molecule has 76 valence electrons. The zero-order chi connectivity index (χ0) is 10.7. The van der Waals surface area contributed by atoms with E-state index in [0.29, 0.717) is 0 Å². The minimum Gasteiger partial charge on any atom is -0.324 e. The van der Waals surface area contributed by atoms with Crippen LogP contribution in [0.25, 0.3) is 11.1 Å². The van der Waals surface area contributed by atoms with Gasteiger partial charge in [0.2, 0.25) is 0 Å². The van der Waals surface area contributed by atoms with Crippen LogP contribution in [0.2, 0.25) is 0 Å². The number of benzene rings is 1. The molecule has 0 amide bonds. The molecule has 2 aromatic rings. The van der Waals surface area contributed by atoms with Crippen molar-refractivity contribution < 1.29 is 0 Å². The molecule has 1 atom stereocenters. The van der Waals surface area contributed by atoms with Gasteiger partial charge in [-0.1, -0.05) is 18.2 Å². The fourth-order valence-corrected chi connectivity index (χ4v) is 1.55. The molecule has 0 fully saturated rings. The third-order valence-corrected chi connectivity index (χ3v) is 2.43. The van der Waals surface area contributed by atoms with Crippen LogP contribution in [0.3, 0.4) is 0 Å². The SMILES string of the molecule is C[C@@H](N)c1cccc(-c2ccncc2)c1. The van der Waals surface area contributed by atoms with E-state index >= 15 is 0 Å². The van der Waals surface area contributed by atoms with E-state index in [4.69, 9.17) is 5.73 Å². The van der Waals surface area contributed by atoms with Crippen molar-refractivity contribution in [3.63, 3.8) is 0 Å². The molecule has 0 bridgehead atoms. The van der Waals surface area contributed by atoms with Crippen molar-refractivity contribution in [2.75, 3.05) is 0 Å². The van der Waals surface area contributed by atoms with Crippen molar-refractivity contribution in [3.05, 3.63) is 54.4 Å². The van der Waals surface area contributed by atoms with Gasteiger partial charge in [-0.25, -0.2) is 0 Å². The predicted molar refractivity (Wildman–Crippen MR) is 62.3 cm³/mol. The van der Waals surface area contributed by atoms with E-state index in [9.17, 15) is 0 Å². The van der Waals surface area contributed by atoms with Gasteiger partial charge in [-0.05, 0) is 41.8 Å². The summed E-state index contributed by atoms with van der Waals surface area (Å²) in [5, 5.41) is 0. The van der Waals surface area contributed by atoms with Crippen LogP contribution < -0.4 is 5.73 Å². The number of pyridine rings is 1. The Morgan fingerprint density at radius 2 is 1.80 bits per heavy atom. The van der Waals surface area contributed by atoms with Crippen molar-refractivity contribution in [3.8, 4) is 11.1 Å². The monoisotopic (exact) mass is 198 g/mol. The lowest BCUT2D eigenvalue weighted by Gasteiger charge is -2.07. The zero-order valence-electron chi connectivity index (χ0n) is 8.72. The van der Waals surface area contributed by atoms with Crippen LogP contribution >= 0.6 is 0 Å². The minimum atomic E-state index is 0.0757. The first-order chi connectivity index (χ1) is 7.27. The Kier molecular flexibility index (Phi) is 2.79.